The monoisotopic (exact) mass is 456 g/mol. The van der Waals surface area contributed by atoms with Gasteiger partial charge in [0.2, 0.25) is 5.91 Å². The number of carbonyl (C=O) groups is 1. The molecule has 3 aromatic carbocycles. The number of methoxy groups -OCH3 is 1. The average molecular weight is 457 g/mol. The molecule has 0 spiro atoms. The number of ether oxygens (including phenoxy) is 1. The molecule has 1 aliphatic heterocycles. The molecule has 5 heteroatoms. The summed E-state index contributed by atoms with van der Waals surface area (Å²) < 4.78 is 5.32. The van der Waals surface area contributed by atoms with Crippen LogP contribution in [0.5, 0.6) is 5.75 Å². The van der Waals surface area contributed by atoms with Crippen LogP contribution in [0.25, 0.3) is 0 Å². The van der Waals surface area contributed by atoms with Gasteiger partial charge in [-0.15, -0.1) is 0 Å². The topological polar surface area (TPSA) is 61.8 Å². The second-order valence-electron chi connectivity index (χ2n) is 8.84. The van der Waals surface area contributed by atoms with E-state index in [1.165, 1.54) is 0 Å². The Morgan fingerprint density at radius 1 is 1.06 bits per heavy atom. The lowest BCUT2D eigenvalue weighted by molar-refractivity contribution is -0.131. The highest BCUT2D eigenvalue weighted by molar-refractivity contribution is 6.03. The number of β-lactam (4-membered cyclic amide) rings is 1. The summed E-state index contributed by atoms with van der Waals surface area (Å²) in [7, 11) is 1.65. The lowest BCUT2D eigenvalue weighted by Gasteiger charge is -2.48. The maximum Gasteiger partial charge on any atom is 0.233 e. The first kappa shape index (κ1) is 23.6. The fourth-order valence-electron chi connectivity index (χ4n) is 4.51. The van der Waals surface area contributed by atoms with Gasteiger partial charge in [0.25, 0.3) is 0 Å². The lowest BCUT2D eigenvalue weighted by Crippen LogP contribution is -2.55. The molecule has 0 bridgehead atoms. The first-order valence-corrected chi connectivity index (χ1v) is 11.7. The van der Waals surface area contributed by atoms with Crippen molar-refractivity contribution in [3.05, 3.63) is 108 Å². The Labute approximate surface area is 201 Å². The number of anilines is 1. The summed E-state index contributed by atoms with van der Waals surface area (Å²) in [5.41, 5.74) is 4.87. The molecule has 0 aromatic heterocycles. The highest BCUT2D eigenvalue weighted by Crippen LogP contribution is 2.46. The van der Waals surface area contributed by atoms with E-state index in [4.69, 9.17) is 4.74 Å². The van der Waals surface area contributed by atoms with Crippen LogP contribution >= 0.6 is 0 Å². The first-order chi connectivity index (χ1) is 16.5. The molecule has 0 saturated carbocycles. The molecule has 1 aliphatic rings. The summed E-state index contributed by atoms with van der Waals surface area (Å²) in [6, 6.07) is 25.5. The van der Waals surface area contributed by atoms with E-state index in [0.717, 1.165) is 33.8 Å². The number of carbonyl (C=O) groups excluding carboxylic acids is 1. The predicted molar refractivity (Wildman–Crippen MR) is 135 cm³/mol. The van der Waals surface area contributed by atoms with Crippen LogP contribution in [0.2, 0.25) is 0 Å². The molecule has 3 unspecified atom stereocenters. The minimum atomic E-state index is -0.584. The van der Waals surface area contributed by atoms with E-state index in [2.05, 4.69) is 11.9 Å². The van der Waals surface area contributed by atoms with Crippen molar-refractivity contribution < 1.29 is 14.6 Å². The van der Waals surface area contributed by atoms with Crippen LogP contribution in [0.4, 0.5) is 5.69 Å². The van der Waals surface area contributed by atoms with Gasteiger partial charge < -0.3 is 20.1 Å². The third-order valence-electron chi connectivity index (χ3n) is 6.42. The number of benzene rings is 3. The van der Waals surface area contributed by atoms with Crippen LogP contribution in [0.3, 0.4) is 0 Å². The average Bonchev–Trinajstić information content (AvgIpc) is 2.87. The van der Waals surface area contributed by atoms with Gasteiger partial charge in [-0.3, -0.25) is 4.79 Å². The van der Waals surface area contributed by atoms with Gasteiger partial charge in [0.1, 0.15) is 5.75 Å². The quantitative estimate of drug-likeness (QED) is 0.394. The van der Waals surface area contributed by atoms with E-state index in [9.17, 15) is 9.90 Å². The van der Waals surface area contributed by atoms with Gasteiger partial charge in [-0.2, -0.15) is 0 Å². The van der Waals surface area contributed by atoms with E-state index in [0.29, 0.717) is 19.4 Å². The number of hydrogen-bond acceptors (Lipinski definition) is 4. The first-order valence-electron chi connectivity index (χ1n) is 11.7. The van der Waals surface area contributed by atoms with E-state index < -0.39 is 6.10 Å². The van der Waals surface area contributed by atoms with E-state index in [-0.39, 0.29) is 17.9 Å². The molecular formula is C29H32N2O3. The molecular weight excluding hydrogens is 424 g/mol. The highest BCUT2D eigenvalue weighted by atomic mass is 16.5. The number of nitrogens with zero attached hydrogens (tertiary/aromatic N) is 1. The Bertz CT molecular complexity index is 1110. The molecule has 3 aromatic rings. The van der Waals surface area contributed by atoms with Crippen molar-refractivity contribution in [3.63, 3.8) is 0 Å². The Morgan fingerprint density at radius 2 is 1.74 bits per heavy atom. The maximum absolute atomic E-state index is 13.3. The largest absolute Gasteiger partial charge is 0.497 e. The summed E-state index contributed by atoms with van der Waals surface area (Å²) in [4.78, 5) is 15.2. The molecule has 34 heavy (non-hydrogen) atoms. The number of hydrogen-bond donors (Lipinski definition) is 2. The molecule has 5 nitrogen and oxygen atoms in total. The van der Waals surface area contributed by atoms with Gasteiger partial charge in [-0.05, 0) is 60.7 Å². The van der Waals surface area contributed by atoms with E-state index >= 15 is 0 Å². The van der Waals surface area contributed by atoms with Gasteiger partial charge in [0, 0.05) is 17.9 Å². The smallest absolute Gasteiger partial charge is 0.233 e. The van der Waals surface area contributed by atoms with Crippen LogP contribution in [0.15, 0.2) is 91.1 Å². The standard InChI is InChI=1S/C29H32N2O3/c1-20(2)30-19-21-9-13-24(14-10-21)31-28(23-11-15-25(34-3)16-12-23)26(29(31)33)17-18-27(32)22-7-5-4-6-8-22/h4-16,26-28,30,32H,1,17-19H2,2-3H3. The Hall–Kier alpha value is -3.57. The van der Waals surface area contributed by atoms with E-state index in [1.54, 1.807) is 7.11 Å². The summed E-state index contributed by atoms with van der Waals surface area (Å²) in [5, 5.41) is 13.9. The Balaban J connectivity index is 1.53. The van der Waals surface area contributed by atoms with Crippen LogP contribution < -0.4 is 15.0 Å². The lowest BCUT2D eigenvalue weighted by atomic mass is 9.78. The number of aliphatic hydroxyl groups is 1. The Kier molecular flexibility index (Phi) is 7.33. The molecule has 1 heterocycles. The van der Waals surface area contributed by atoms with Crippen molar-refractivity contribution in [3.8, 4) is 5.75 Å². The van der Waals surface area contributed by atoms with Crippen molar-refractivity contribution in [2.24, 2.45) is 5.92 Å². The number of amides is 1. The normalized spacial score (nSPS) is 18.2. The number of allylic oxidation sites excluding steroid dienone is 1. The maximum atomic E-state index is 13.3. The fourth-order valence-corrected chi connectivity index (χ4v) is 4.51. The van der Waals surface area contributed by atoms with Gasteiger partial charge in [-0.1, -0.05) is 61.2 Å². The molecule has 1 amide bonds. The van der Waals surface area contributed by atoms with Crippen LogP contribution in [-0.4, -0.2) is 18.1 Å². The molecule has 176 valence electrons. The molecule has 1 fully saturated rings. The summed E-state index contributed by atoms with van der Waals surface area (Å²) in [6.45, 7) is 6.50. The van der Waals surface area contributed by atoms with Gasteiger partial charge in [0.05, 0.1) is 25.2 Å². The second kappa shape index (κ2) is 10.6. The molecule has 4 rings (SSSR count). The predicted octanol–water partition coefficient (Wildman–Crippen LogP) is 5.54. The summed E-state index contributed by atoms with van der Waals surface area (Å²) >= 11 is 0. The minimum absolute atomic E-state index is 0.0826. The fraction of sp³-hybridized carbons (Fsp3) is 0.276. The number of aliphatic hydroxyl groups excluding tert-OH is 1. The molecule has 3 atom stereocenters. The molecule has 2 N–H and O–H groups in total. The minimum Gasteiger partial charge on any atom is -0.497 e. The van der Waals surface area contributed by atoms with Gasteiger partial charge >= 0.3 is 0 Å². The van der Waals surface area contributed by atoms with Gasteiger partial charge in [-0.25, -0.2) is 0 Å². The zero-order chi connectivity index (χ0) is 24.1. The van der Waals surface area contributed by atoms with Crippen LogP contribution in [0.1, 0.15) is 48.6 Å². The third-order valence-corrected chi connectivity index (χ3v) is 6.42. The number of rotatable bonds is 10. The van der Waals surface area contributed by atoms with Crippen LogP contribution in [0, 0.1) is 5.92 Å². The van der Waals surface area contributed by atoms with Crippen molar-refractivity contribution in [2.75, 3.05) is 12.0 Å². The molecule has 0 radical (unpaired) electrons. The van der Waals surface area contributed by atoms with Crippen molar-refractivity contribution in [1.82, 2.24) is 5.32 Å². The van der Waals surface area contributed by atoms with Crippen molar-refractivity contribution in [1.29, 1.82) is 0 Å². The zero-order valence-corrected chi connectivity index (χ0v) is 19.8. The van der Waals surface area contributed by atoms with Gasteiger partial charge in [0.15, 0.2) is 0 Å². The van der Waals surface area contributed by atoms with Crippen molar-refractivity contribution >= 4 is 11.6 Å². The summed E-state index contributed by atoms with van der Waals surface area (Å²) in [5.74, 6) is 0.691. The Morgan fingerprint density at radius 3 is 2.35 bits per heavy atom. The molecule has 1 saturated heterocycles. The molecule has 0 aliphatic carbocycles. The third kappa shape index (κ3) is 5.15. The zero-order valence-electron chi connectivity index (χ0n) is 19.8. The highest BCUT2D eigenvalue weighted by Gasteiger charge is 2.48. The van der Waals surface area contributed by atoms with Crippen LogP contribution in [-0.2, 0) is 11.3 Å². The SMILES string of the molecule is C=C(C)NCc1ccc(N2C(=O)C(CCC(O)c3ccccc3)C2c2ccc(OC)cc2)cc1. The number of nitrogens with one attached hydrogen (secondary N) is 1. The second-order valence-corrected chi connectivity index (χ2v) is 8.84. The van der Waals surface area contributed by atoms with E-state index in [1.807, 2.05) is 90.7 Å². The summed E-state index contributed by atoms with van der Waals surface area (Å²) in [6.07, 6.45) is 0.564. The van der Waals surface area contributed by atoms with Crippen molar-refractivity contribution in [2.45, 2.75) is 38.5 Å².